The average Bonchev–Trinajstić information content (AvgIpc) is 2.29. The predicted molar refractivity (Wildman–Crippen MR) is 65.7 cm³/mol. The first-order valence-corrected chi connectivity index (χ1v) is 7.26. The van der Waals surface area contributed by atoms with E-state index in [-0.39, 0.29) is 4.65 Å². The summed E-state index contributed by atoms with van der Waals surface area (Å²) in [5.41, 5.74) is 0. The summed E-state index contributed by atoms with van der Waals surface area (Å²) in [5.74, 6) is 1.52. The lowest BCUT2D eigenvalue weighted by atomic mass is 9.68. The lowest BCUT2D eigenvalue weighted by molar-refractivity contribution is -0.927. The lowest BCUT2D eigenvalue weighted by Crippen LogP contribution is -2.64. The monoisotopic (exact) mass is 223 g/mol. The third-order valence-corrected chi connectivity index (χ3v) is 5.66. The molecule has 3 rings (SSSR count). The minimum Gasteiger partial charge on any atom is -0.633 e. The van der Waals surface area contributed by atoms with E-state index in [2.05, 4.69) is 0 Å². The van der Waals surface area contributed by atoms with Crippen LogP contribution >= 0.6 is 0 Å². The SMILES string of the molecule is C[N+]1([O-])[C@@H]2CCCC[C@@H]2C[C@@H]2CCCC[C@H]21. The van der Waals surface area contributed by atoms with Gasteiger partial charge in [0.05, 0.1) is 19.1 Å². The Morgan fingerprint density at radius 2 is 1.25 bits per heavy atom. The molecule has 0 radical (unpaired) electrons. The lowest BCUT2D eigenvalue weighted by Gasteiger charge is -2.61. The van der Waals surface area contributed by atoms with Crippen molar-refractivity contribution in [2.75, 3.05) is 7.05 Å². The van der Waals surface area contributed by atoms with Gasteiger partial charge in [0.25, 0.3) is 0 Å². The van der Waals surface area contributed by atoms with Gasteiger partial charge in [-0.2, -0.15) is 0 Å². The summed E-state index contributed by atoms with van der Waals surface area (Å²) >= 11 is 0. The van der Waals surface area contributed by atoms with E-state index >= 15 is 0 Å². The average molecular weight is 223 g/mol. The summed E-state index contributed by atoms with van der Waals surface area (Å²) in [4.78, 5) is 0. The third kappa shape index (κ3) is 1.62. The molecule has 0 bridgehead atoms. The fourth-order valence-corrected chi connectivity index (χ4v) is 4.91. The Hall–Kier alpha value is -0.0800. The number of likely N-dealkylation sites (tertiary alicyclic amines) is 1. The minimum absolute atomic E-state index is 0.120. The summed E-state index contributed by atoms with van der Waals surface area (Å²) in [6, 6.07) is 0.904. The number of hydrogen-bond acceptors (Lipinski definition) is 1. The molecule has 1 saturated heterocycles. The van der Waals surface area contributed by atoms with Gasteiger partial charge < -0.3 is 9.85 Å². The Morgan fingerprint density at radius 1 is 0.812 bits per heavy atom. The molecule has 2 heteroatoms. The van der Waals surface area contributed by atoms with Gasteiger partial charge in [-0.15, -0.1) is 0 Å². The highest BCUT2D eigenvalue weighted by atomic mass is 16.5. The van der Waals surface area contributed by atoms with Crippen LogP contribution in [0.4, 0.5) is 0 Å². The van der Waals surface area contributed by atoms with E-state index in [1.165, 1.54) is 57.8 Å². The van der Waals surface area contributed by atoms with Gasteiger partial charge in [-0.3, -0.25) is 0 Å². The molecule has 1 aliphatic heterocycles. The zero-order valence-corrected chi connectivity index (χ0v) is 10.5. The second kappa shape index (κ2) is 3.99. The van der Waals surface area contributed by atoms with Gasteiger partial charge in [0.15, 0.2) is 0 Å². The summed E-state index contributed by atoms with van der Waals surface area (Å²) < 4.78 is 0.120. The van der Waals surface area contributed by atoms with E-state index in [0.29, 0.717) is 12.1 Å². The molecule has 2 aliphatic carbocycles. The normalized spacial score (nSPS) is 52.9. The zero-order chi connectivity index (χ0) is 11.2. The number of rotatable bonds is 0. The third-order valence-electron chi connectivity index (χ3n) is 5.66. The standard InChI is InChI=1S/C14H25NO/c1-15(16)13-8-4-2-6-11(13)10-12-7-3-5-9-14(12)15/h11-14H,2-10H2,1H3/t11-,12+,13-,14-,15?/m1/s1. The molecule has 1 heterocycles. The van der Waals surface area contributed by atoms with Crippen molar-refractivity contribution < 1.29 is 4.65 Å². The maximum Gasteiger partial charge on any atom is 0.0916 e. The van der Waals surface area contributed by atoms with Gasteiger partial charge in [-0.05, 0) is 44.9 Å². The molecule has 5 atom stereocenters. The second-order valence-corrected chi connectivity index (χ2v) is 6.52. The smallest absolute Gasteiger partial charge is 0.0916 e. The molecule has 0 aromatic carbocycles. The molecule has 0 amide bonds. The highest BCUT2D eigenvalue weighted by Gasteiger charge is 2.49. The van der Waals surface area contributed by atoms with E-state index in [1.54, 1.807) is 0 Å². The van der Waals surface area contributed by atoms with Crippen LogP contribution in [-0.2, 0) is 0 Å². The Balaban J connectivity index is 1.85. The molecule has 0 aromatic rings. The van der Waals surface area contributed by atoms with Crippen molar-refractivity contribution in [2.24, 2.45) is 11.8 Å². The van der Waals surface area contributed by atoms with E-state index in [4.69, 9.17) is 0 Å². The molecule has 0 N–H and O–H groups in total. The molecular weight excluding hydrogens is 198 g/mol. The molecule has 0 spiro atoms. The zero-order valence-electron chi connectivity index (χ0n) is 10.5. The quantitative estimate of drug-likeness (QED) is 0.455. The fraction of sp³-hybridized carbons (Fsp3) is 1.00. The summed E-state index contributed by atoms with van der Waals surface area (Å²) in [5, 5.41) is 13.0. The van der Waals surface area contributed by atoms with Crippen LogP contribution in [0.2, 0.25) is 0 Å². The molecular formula is C14H25NO. The molecule has 0 aromatic heterocycles. The van der Waals surface area contributed by atoms with Gasteiger partial charge in [0, 0.05) is 11.8 Å². The highest BCUT2D eigenvalue weighted by Crippen LogP contribution is 2.48. The first-order valence-electron chi connectivity index (χ1n) is 7.26. The van der Waals surface area contributed by atoms with Gasteiger partial charge >= 0.3 is 0 Å². The van der Waals surface area contributed by atoms with Crippen molar-refractivity contribution in [1.82, 2.24) is 0 Å². The minimum atomic E-state index is 0.120. The van der Waals surface area contributed by atoms with E-state index < -0.39 is 0 Å². The van der Waals surface area contributed by atoms with Gasteiger partial charge in [-0.25, -0.2) is 0 Å². The Morgan fingerprint density at radius 3 is 1.75 bits per heavy atom. The Labute approximate surface area is 99.2 Å². The van der Waals surface area contributed by atoms with Crippen molar-refractivity contribution in [3.8, 4) is 0 Å². The maximum absolute atomic E-state index is 13.0. The topological polar surface area (TPSA) is 23.1 Å². The van der Waals surface area contributed by atoms with Crippen molar-refractivity contribution >= 4 is 0 Å². The number of fused-ring (bicyclic) bond motifs is 2. The van der Waals surface area contributed by atoms with Crippen molar-refractivity contribution in [3.05, 3.63) is 5.21 Å². The number of quaternary nitrogens is 1. The first kappa shape index (κ1) is 11.0. The van der Waals surface area contributed by atoms with Crippen LogP contribution in [0.15, 0.2) is 0 Å². The van der Waals surface area contributed by atoms with Gasteiger partial charge in [0.1, 0.15) is 0 Å². The second-order valence-electron chi connectivity index (χ2n) is 6.52. The molecule has 16 heavy (non-hydrogen) atoms. The number of hydroxylamine groups is 3. The number of hydrogen-bond donors (Lipinski definition) is 0. The van der Waals surface area contributed by atoms with Crippen LogP contribution in [0.5, 0.6) is 0 Å². The molecule has 3 fully saturated rings. The molecule has 92 valence electrons. The van der Waals surface area contributed by atoms with Crippen LogP contribution in [0.3, 0.4) is 0 Å². The van der Waals surface area contributed by atoms with Crippen molar-refractivity contribution in [1.29, 1.82) is 0 Å². The molecule has 2 nitrogen and oxygen atoms in total. The Kier molecular flexibility index (Phi) is 2.75. The highest BCUT2D eigenvalue weighted by molar-refractivity contribution is 4.90. The predicted octanol–water partition coefficient (Wildman–Crippen LogP) is 3.45. The van der Waals surface area contributed by atoms with Gasteiger partial charge in [0.2, 0.25) is 0 Å². The van der Waals surface area contributed by atoms with Crippen LogP contribution in [0.25, 0.3) is 0 Å². The Bertz CT molecular complexity index is 239. The molecule has 1 unspecified atom stereocenters. The maximum atomic E-state index is 13.0. The van der Waals surface area contributed by atoms with Crippen molar-refractivity contribution in [2.45, 2.75) is 69.9 Å². The van der Waals surface area contributed by atoms with Crippen LogP contribution < -0.4 is 0 Å². The van der Waals surface area contributed by atoms with Gasteiger partial charge in [-0.1, -0.05) is 12.8 Å². The van der Waals surface area contributed by atoms with Crippen LogP contribution in [-0.4, -0.2) is 23.8 Å². The first-order chi connectivity index (χ1) is 7.69. The van der Waals surface area contributed by atoms with Crippen LogP contribution in [0.1, 0.15) is 57.8 Å². The fourth-order valence-electron chi connectivity index (χ4n) is 4.91. The molecule has 3 aliphatic rings. The van der Waals surface area contributed by atoms with Crippen LogP contribution in [0, 0.1) is 17.0 Å². The van der Waals surface area contributed by atoms with E-state index in [0.717, 1.165) is 11.8 Å². The van der Waals surface area contributed by atoms with E-state index in [1.807, 2.05) is 7.05 Å². The number of nitrogens with zero attached hydrogens (tertiary/aromatic N) is 1. The number of piperidine rings is 1. The largest absolute Gasteiger partial charge is 0.633 e. The van der Waals surface area contributed by atoms with E-state index in [9.17, 15) is 5.21 Å². The van der Waals surface area contributed by atoms with Crippen molar-refractivity contribution in [3.63, 3.8) is 0 Å². The molecule has 2 saturated carbocycles. The summed E-state index contributed by atoms with van der Waals surface area (Å²) in [6.07, 6.45) is 11.8. The summed E-state index contributed by atoms with van der Waals surface area (Å²) in [7, 11) is 1.99. The summed E-state index contributed by atoms with van der Waals surface area (Å²) in [6.45, 7) is 0.